The van der Waals surface area contributed by atoms with Gasteiger partial charge in [-0.15, -0.1) is 0 Å². The lowest BCUT2D eigenvalue weighted by atomic mass is 10.0. The van der Waals surface area contributed by atoms with Crippen molar-refractivity contribution in [1.29, 1.82) is 0 Å². The largest absolute Gasteiger partial charge is 0.340 e. The van der Waals surface area contributed by atoms with Crippen molar-refractivity contribution in [2.45, 2.75) is 51.2 Å². The minimum Gasteiger partial charge on any atom is -0.340 e. The van der Waals surface area contributed by atoms with Gasteiger partial charge in [-0.2, -0.15) is 0 Å². The lowest BCUT2D eigenvalue weighted by Gasteiger charge is -2.29. The van der Waals surface area contributed by atoms with E-state index in [1.807, 2.05) is 30.7 Å². The third-order valence-corrected chi connectivity index (χ3v) is 4.11. The summed E-state index contributed by atoms with van der Waals surface area (Å²) in [6.45, 7) is 5.07. The van der Waals surface area contributed by atoms with E-state index in [0.29, 0.717) is 0 Å². The number of hydrogen-bond acceptors (Lipinski definition) is 3. The summed E-state index contributed by atoms with van der Waals surface area (Å²) in [5.74, 6) is -0.610. The zero-order valence-electron chi connectivity index (χ0n) is 12.6. The van der Waals surface area contributed by atoms with Gasteiger partial charge < -0.3 is 14.0 Å². The summed E-state index contributed by atoms with van der Waals surface area (Å²) in [4.78, 5) is 4.07. The van der Waals surface area contributed by atoms with E-state index in [0.717, 1.165) is 24.9 Å². The maximum Gasteiger partial charge on any atom is 0.195 e. The molecule has 0 spiro atoms. The van der Waals surface area contributed by atoms with Gasteiger partial charge in [0.15, 0.2) is 5.79 Å². The first-order valence-corrected chi connectivity index (χ1v) is 7.56. The van der Waals surface area contributed by atoms with Crippen LogP contribution in [0.3, 0.4) is 0 Å². The highest BCUT2D eigenvalue weighted by Gasteiger charge is 2.44. The van der Waals surface area contributed by atoms with Crippen LogP contribution >= 0.6 is 0 Å². The van der Waals surface area contributed by atoms with Crippen LogP contribution < -0.4 is 0 Å². The van der Waals surface area contributed by atoms with Crippen molar-refractivity contribution in [2.75, 3.05) is 0 Å². The number of imidazole rings is 1. The van der Waals surface area contributed by atoms with Gasteiger partial charge in [0.2, 0.25) is 0 Å². The number of nitrogens with zero attached hydrogens (tertiary/aromatic N) is 2. The molecule has 2 unspecified atom stereocenters. The molecule has 1 aliphatic heterocycles. The van der Waals surface area contributed by atoms with Crippen molar-refractivity contribution in [3.8, 4) is 0 Å². The molecule has 21 heavy (non-hydrogen) atoms. The van der Waals surface area contributed by atoms with Crippen molar-refractivity contribution >= 4 is 0 Å². The molecule has 4 nitrogen and oxygen atoms in total. The number of rotatable bonds is 5. The Morgan fingerprint density at radius 3 is 2.48 bits per heavy atom. The van der Waals surface area contributed by atoms with Crippen molar-refractivity contribution in [3.05, 3.63) is 54.6 Å². The minimum absolute atomic E-state index is 0.110. The van der Waals surface area contributed by atoms with Crippen LogP contribution in [0.15, 0.2) is 49.1 Å². The van der Waals surface area contributed by atoms with Gasteiger partial charge in [0.25, 0.3) is 0 Å². The van der Waals surface area contributed by atoms with Crippen LogP contribution in [-0.2, 0) is 21.8 Å². The van der Waals surface area contributed by atoms with Crippen molar-refractivity contribution in [2.24, 2.45) is 0 Å². The Hall–Kier alpha value is -1.65. The van der Waals surface area contributed by atoms with Gasteiger partial charge in [-0.3, -0.25) is 0 Å². The van der Waals surface area contributed by atoms with Gasteiger partial charge in [0.1, 0.15) is 0 Å². The molecular weight excluding hydrogens is 264 g/mol. The van der Waals surface area contributed by atoms with Gasteiger partial charge in [-0.1, -0.05) is 30.3 Å². The molecule has 3 rings (SSSR count). The Balaban J connectivity index is 1.74. The fourth-order valence-electron chi connectivity index (χ4n) is 2.82. The second kappa shape index (κ2) is 6.00. The first kappa shape index (κ1) is 14.3. The summed E-state index contributed by atoms with van der Waals surface area (Å²) < 4.78 is 14.5. The maximum absolute atomic E-state index is 6.22. The molecule has 2 heterocycles. The molecule has 0 N–H and O–H groups in total. The van der Waals surface area contributed by atoms with Crippen molar-refractivity contribution in [1.82, 2.24) is 9.55 Å². The molecule has 0 saturated carbocycles. The molecule has 1 aromatic carbocycles. The Labute approximate surface area is 125 Å². The Kier molecular flexibility index (Phi) is 4.08. The lowest BCUT2D eigenvalue weighted by molar-refractivity contribution is -0.188. The zero-order chi connectivity index (χ0) is 14.7. The zero-order valence-corrected chi connectivity index (χ0v) is 12.6. The molecule has 2 aromatic rings. The minimum atomic E-state index is -0.610. The average molecular weight is 286 g/mol. The van der Waals surface area contributed by atoms with E-state index in [1.54, 1.807) is 6.20 Å². The van der Waals surface area contributed by atoms with Gasteiger partial charge in [0, 0.05) is 30.9 Å². The second-order valence-electron chi connectivity index (χ2n) is 5.67. The monoisotopic (exact) mass is 286 g/mol. The molecule has 112 valence electrons. The normalized spacial score (nSPS) is 28.9. The number of ether oxygens (including phenoxy) is 2. The molecule has 1 aromatic heterocycles. The summed E-state index contributed by atoms with van der Waals surface area (Å²) in [6, 6.07) is 10.3. The Morgan fingerprint density at radius 2 is 1.86 bits per heavy atom. The van der Waals surface area contributed by atoms with E-state index in [-0.39, 0.29) is 12.2 Å². The number of aromatic nitrogens is 2. The summed E-state index contributed by atoms with van der Waals surface area (Å²) in [6.07, 6.45) is 7.67. The molecule has 1 saturated heterocycles. The molecule has 0 bridgehead atoms. The predicted molar refractivity (Wildman–Crippen MR) is 80.7 cm³/mol. The van der Waals surface area contributed by atoms with Gasteiger partial charge in [0.05, 0.1) is 18.5 Å². The SMILES string of the molecule is CC1OC(CCCn2ccnc2)(c2ccccc2)OC1C. The van der Waals surface area contributed by atoms with E-state index in [1.165, 1.54) is 0 Å². The molecule has 4 heteroatoms. The highest BCUT2D eigenvalue weighted by Crippen LogP contribution is 2.41. The lowest BCUT2D eigenvalue weighted by Crippen LogP contribution is -2.28. The number of benzene rings is 1. The number of aryl methyl sites for hydroxylation is 1. The summed E-state index contributed by atoms with van der Waals surface area (Å²) in [5, 5.41) is 0. The molecule has 1 aliphatic rings. The van der Waals surface area contributed by atoms with Crippen LogP contribution in [0.25, 0.3) is 0 Å². The fourth-order valence-corrected chi connectivity index (χ4v) is 2.82. The predicted octanol–water partition coefficient (Wildman–Crippen LogP) is 3.34. The van der Waals surface area contributed by atoms with Crippen LogP contribution in [0.4, 0.5) is 0 Å². The average Bonchev–Trinajstić information content (AvgIpc) is 3.10. The fraction of sp³-hybridized carbons (Fsp3) is 0.471. The van der Waals surface area contributed by atoms with Crippen LogP contribution in [-0.4, -0.2) is 21.8 Å². The van der Waals surface area contributed by atoms with Crippen LogP contribution in [0.2, 0.25) is 0 Å². The first-order valence-electron chi connectivity index (χ1n) is 7.56. The third kappa shape index (κ3) is 3.01. The van der Waals surface area contributed by atoms with E-state index in [2.05, 4.69) is 35.5 Å². The van der Waals surface area contributed by atoms with Gasteiger partial charge >= 0.3 is 0 Å². The van der Waals surface area contributed by atoms with Crippen LogP contribution in [0, 0.1) is 0 Å². The molecule has 1 fully saturated rings. The van der Waals surface area contributed by atoms with Gasteiger partial charge in [-0.05, 0) is 20.3 Å². The van der Waals surface area contributed by atoms with E-state index in [4.69, 9.17) is 9.47 Å². The summed E-state index contributed by atoms with van der Waals surface area (Å²) >= 11 is 0. The van der Waals surface area contributed by atoms with E-state index >= 15 is 0 Å². The molecule has 2 atom stereocenters. The standard InChI is InChI=1S/C17H22N2O2/c1-14-15(2)21-17(20-14,16-7-4-3-5-8-16)9-6-11-19-12-10-18-13-19/h3-5,7-8,10,12-15H,6,9,11H2,1-2H3. The van der Waals surface area contributed by atoms with Crippen LogP contribution in [0.1, 0.15) is 32.3 Å². The van der Waals surface area contributed by atoms with Crippen molar-refractivity contribution < 1.29 is 9.47 Å². The van der Waals surface area contributed by atoms with Crippen molar-refractivity contribution in [3.63, 3.8) is 0 Å². The highest BCUT2D eigenvalue weighted by molar-refractivity contribution is 5.21. The molecule has 0 aliphatic carbocycles. The maximum atomic E-state index is 6.22. The Bertz CT molecular complexity index is 543. The van der Waals surface area contributed by atoms with Gasteiger partial charge in [-0.25, -0.2) is 4.98 Å². The first-order chi connectivity index (χ1) is 10.2. The molecule has 0 radical (unpaired) electrons. The quantitative estimate of drug-likeness (QED) is 0.846. The highest BCUT2D eigenvalue weighted by atomic mass is 16.8. The molecule has 0 amide bonds. The second-order valence-corrected chi connectivity index (χ2v) is 5.67. The van der Waals surface area contributed by atoms with E-state index < -0.39 is 5.79 Å². The van der Waals surface area contributed by atoms with Crippen LogP contribution in [0.5, 0.6) is 0 Å². The topological polar surface area (TPSA) is 36.3 Å². The summed E-state index contributed by atoms with van der Waals surface area (Å²) in [7, 11) is 0. The molecular formula is C17H22N2O2. The third-order valence-electron chi connectivity index (χ3n) is 4.11. The smallest absolute Gasteiger partial charge is 0.195 e. The van der Waals surface area contributed by atoms with E-state index in [9.17, 15) is 0 Å². The Morgan fingerprint density at radius 1 is 1.14 bits per heavy atom. The summed E-state index contributed by atoms with van der Waals surface area (Å²) in [5.41, 5.74) is 1.10. The number of hydrogen-bond donors (Lipinski definition) is 0.